The SMILES string of the molecule is C=CCN(C)CC1CC(c2ccc(CO)cc2)OC(c2ccc(NC(=O)CCCCCC(=O)O)cc2)O1. The summed E-state index contributed by atoms with van der Waals surface area (Å²) in [5.41, 5.74) is 3.44. The Bertz CT molecular complexity index is 1010. The number of benzene rings is 2. The first-order valence-electron chi connectivity index (χ1n) is 12.8. The molecule has 2 aromatic rings. The summed E-state index contributed by atoms with van der Waals surface area (Å²) in [6, 6.07) is 15.3. The summed E-state index contributed by atoms with van der Waals surface area (Å²) in [6.07, 6.45) is 4.24. The number of nitrogens with zero attached hydrogens (tertiary/aromatic N) is 1. The smallest absolute Gasteiger partial charge is 0.303 e. The lowest BCUT2D eigenvalue weighted by molar-refractivity contribution is -0.252. The van der Waals surface area contributed by atoms with Crippen LogP contribution in [0.15, 0.2) is 61.2 Å². The van der Waals surface area contributed by atoms with E-state index in [0.717, 1.165) is 29.8 Å². The monoisotopic (exact) mass is 510 g/mol. The number of aliphatic hydroxyl groups excluding tert-OH is 1. The molecule has 1 fully saturated rings. The zero-order chi connectivity index (χ0) is 26.6. The van der Waals surface area contributed by atoms with E-state index in [2.05, 4.69) is 16.8 Å². The molecule has 200 valence electrons. The second kappa shape index (κ2) is 14.6. The lowest BCUT2D eigenvalue weighted by atomic mass is 9.99. The standard InChI is InChI=1S/C29H38N2O6/c1-3-17-31(2)19-25-18-26(22-11-9-21(20-32)10-12-22)37-29(36-25)23-13-15-24(16-14-23)30-27(33)7-5-4-6-8-28(34)35/h3,9-16,25-26,29,32H,1,4-8,17-20H2,2H3,(H,30,33)(H,34,35). The van der Waals surface area contributed by atoms with Crippen LogP contribution >= 0.6 is 0 Å². The van der Waals surface area contributed by atoms with Gasteiger partial charge in [-0.3, -0.25) is 9.59 Å². The summed E-state index contributed by atoms with van der Waals surface area (Å²) >= 11 is 0. The van der Waals surface area contributed by atoms with Gasteiger partial charge in [-0.25, -0.2) is 0 Å². The number of unbranched alkanes of at least 4 members (excludes halogenated alkanes) is 2. The number of aliphatic hydroxyl groups is 1. The Kier molecular flexibility index (Phi) is 11.3. The molecule has 2 aromatic carbocycles. The number of nitrogens with one attached hydrogen (secondary N) is 1. The van der Waals surface area contributed by atoms with Gasteiger partial charge in [-0.05, 0) is 43.1 Å². The fourth-order valence-electron chi connectivity index (χ4n) is 4.36. The van der Waals surface area contributed by atoms with E-state index in [0.29, 0.717) is 37.8 Å². The average molecular weight is 511 g/mol. The maximum absolute atomic E-state index is 12.2. The molecule has 0 bridgehead atoms. The molecular formula is C29H38N2O6. The molecule has 37 heavy (non-hydrogen) atoms. The highest BCUT2D eigenvalue weighted by molar-refractivity contribution is 5.90. The van der Waals surface area contributed by atoms with E-state index < -0.39 is 12.3 Å². The lowest BCUT2D eigenvalue weighted by Crippen LogP contribution is -2.37. The first-order valence-corrected chi connectivity index (χ1v) is 12.8. The Morgan fingerprint density at radius 3 is 2.35 bits per heavy atom. The van der Waals surface area contributed by atoms with Crippen molar-refractivity contribution in [2.75, 3.05) is 25.5 Å². The van der Waals surface area contributed by atoms with Gasteiger partial charge in [0.1, 0.15) is 0 Å². The second-order valence-corrected chi connectivity index (χ2v) is 9.48. The first-order chi connectivity index (χ1) is 17.9. The van der Waals surface area contributed by atoms with Gasteiger partial charge in [-0.1, -0.05) is 48.9 Å². The van der Waals surface area contributed by atoms with Gasteiger partial charge in [0, 0.05) is 43.6 Å². The number of hydrogen-bond donors (Lipinski definition) is 3. The Labute approximate surface area is 218 Å². The number of carboxylic acids is 1. The van der Waals surface area contributed by atoms with Crippen LogP contribution in [-0.4, -0.2) is 53.2 Å². The third kappa shape index (κ3) is 9.40. The number of rotatable bonds is 14. The number of hydrogen-bond acceptors (Lipinski definition) is 6. The largest absolute Gasteiger partial charge is 0.481 e. The minimum atomic E-state index is -0.809. The normalized spacial score (nSPS) is 19.5. The van der Waals surface area contributed by atoms with Crippen molar-refractivity contribution in [3.63, 3.8) is 0 Å². The van der Waals surface area contributed by atoms with Gasteiger partial charge < -0.3 is 29.9 Å². The van der Waals surface area contributed by atoms with Crippen LogP contribution in [-0.2, 0) is 25.7 Å². The lowest BCUT2D eigenvalue weighted by Gasteiger charge is -2.37. The molecule has 8 heteroatoms. The highest BCUT2D eigenvalue weighted by atomic mass is 16.7. The fourth-order valence-corrected chi connectivity index (χ4v) is 4.36. The van der Waals surface area contributed by atoms with E-state index in [1.807, 2.05) is 61.7 Å². The molecule has 3 unspecified atom stereocenters. The summed E-state index contributed by atoms with van der Waals surface area (Å²) in [4.78, 5) is 25.0. The van der Waals surface area contributed by atoms with Crippen molar-refractivity contribution < 1.29 is 29.3 Å². The number of aliphatic carboxylic acids is 1. The van der Waals surface area contributed by atoms with Gasteiger partial charge >= 0.3 is 5.97 Å². The fraction of sp³-hybridized carbons (Fsp3) is 0.448. The molecule has 1 heterocycles. The third-order valence-corrected chi connectivity index (χ3v) is 6.33. The molecular weight excluding hydrogens is 472 g/mol. The average Bonchev–Trinajstić information content (AvgIpc) is 2.88. The van der Waals surface area contributed by atoms with Crippen LogP contribution in [0.1, 0.15) is 67.6 Å². The molecule has 8 nitrogen and oxygen atoms in total. The maximum Gasteiger partial charge on any atom is 0.303 e. The molecule has 3 N–H and O–H groups in total. The van der Waals surface area contributed by atoms with Crippen molar-refractivity contribution in [2.24, 2.45) is 0 Å². The van der Waals surface area contributed by atoms with E-state index in [1.54, 1.807) is 0 Å². The van der Waals surface area contributed by atoms with Crippen LogP contribution in [0.5, 0.6) is 0 Å². The predicted molar refractivity (Wildman–Crippen MR) is 142 cm³/mol. The van der Waals surface area contributed by atoms with Crippen molar-refractivity contribution >= 4 is 17.6 Å². The topological polar surface area (TPSA) is 108 Å². The summed E-state index contributed by atoms with van der Waals surface area (Å²) in [6.45, 7) is 5.31. The maximum atomic E-state index is 12.2. The van der Waals surface area contributed by atoms with Crippen molar-refractivity contribution in [2.45, 2.75) is 63.6 Å². The molecule has 0 saturated carbocycles. The summed E-state index contributed by atoms with van der Waals surface area (Å²) in [5, 5.41) is 21.0. The van der Waals surface area contributed by atoms with Crippen LogP contribution in [0.2, 0.25) is 0 Å². The minimum Gasteiger partial charge on any atom is -0.481 e. The molecule has 0 aliphatic carbocycles. The number of likely N-dealkylation sites (N-methyl/N-ethyl adjacent to an activating group) is 1. The van der Waals surface area contributed by atoms with Crippen molar-refractivity contribution in [1.82, 2.24) is 4.90 Å². The van der Waals surface area contributed by atoms with E-state index >= 15 is 0 Å². The molecule has 0 radical (unpaired) electrons. The number of carbonyl (C=O) groups excluding carboxylic acids is 1. The molecule has 1 amide bonds. The highest BCUT2D eigenvalue weighted by Gasteiger charge is 2.32. The Morgan fingerprint density at radius 2 is 1.70 bits per heavy atom. The Balaban J connectivity index is 1.62. The van der Waals surface area contributed by atoms with E-state index in [1.165, 1.54) is 0 Å². The van der Waals surface area contributed by atoms with Crippen molar-refractivity contribution in [3.05, 3.63) is 77.9 Å². The number of amides is 1. The van der Waals surface area contributed by atoms with Crippen LogP contribution < -0.4 is 5.32 Å². The van der Waals surface area contributed by atoms with E-state index in [-0.39, 0.29) is 31.1 Å². The number of carboxylic acid groups (broad SMARTS) is 1. The van der Waals surface area contributed by atoms with Gasteiger partial charge in [0.15, 0.2) is 6.29 Å². The van der Waals surface area contributed by atoms with Gasteiger partial charge in [0.25, 0.3) is 0 Å². The van der Waals surface area contributed by atoms with Crippen molar-refractivity contribution in [3.8, 4) is 0 Å². The molecule has 1 aliphatic rings. The molecule has 3 rings (SSSR count). The zero-order valence-corrected chi connectivity index (χ0v) is 21.5. The second-order valence-electron chi connectivity index (χ2n) is 9.48. The molecule has 0 spiro atoms. The van der Waals surface area contributed by atoms with Crippen molar-refractivity contribution in [1.29, 1.82) is 0 Å². The number of ether oxygens (including phenoxy) is 2. The van der Waals surface area contributed by atoms with Gasteiger partial charge in [0.2, 0.25) is 5.91 Å². The predicted octanol–water partition coefficient (Wildman–Crippen LogP) is 4.82. The number of carbonyl (C=O) groups is 2. The summed E-state index contributed by atoms with van der Waals surface area (Å²) in [5.74, 6) is -0.901. The van der Waals surface area contributed by atoms with Gasteiger partial charge in [0.05, 0.1) is 18.8 Å². The molecule has 3 atom stereocenters. The Hall–Kier alpha value is -3.04. The number of anilines is 1. The van der Waals surface area contributed by atoms with Crippen LogP contribution in [0.25, 0.3) is 0 Å². The molecule has 1 saturated heterocycles. The van der Waals surface area contributed by atoms with Crippen LogP contribution in [0.3, 0.4) is 0 Å². The molecule has 0 aromatic heterocycles. The van der Waals surface area contributed by atoms with Crippen LogP contribution in [0, 0.1) is 0 Å². The molecule has 1 aliphatic heterocycles. The Morgan fingerprint density at radius 1 is 1.03 bits per heavy atom. The quantitative estimate of drug-likeness (QED) is 0.247. The minimum absolute atomic E-state index is 0.000122. The highest BCUT2D eigenvalue weighted by Crippen LogP contribution is 2.38. The van der Waals surface area contributed by atoms with E-state index in [9.17, 15) is 14.7 Å². The summed E-state index contributed by atoms with van der Waals surface area (Å²) in [7, 11) is 2.03. The zero-order valence-electron chi connectivity index (χ0n) is 21.5. The van der Waals surface area contributed by atoms with Crippen LogP contribution in [0.4, 0.5) is 5.69 Å². The third-order valence-electron chi connectivity index (χ3n) is 6.33. The van der Waals surface area contributed by atoms with Gasteiger partial charge in [-0.15, -0.1) is 6.58 Å². The van der Waals surface area contributed by atoms with E-state index in [4.69, 9.17) is 14.6 Å². The summed E-state index contributed by atoms with van der Waals surface area (Å²) < 4.78 is 12.7. The van der Waals surface area contributed by atoms with Gasteiger partial charge in [-0.2, -0.15) is 0 Å². The first kappa shape index (κ1) is 28.5.